The van der Waals surface area contributed by atoms with E-state index in [1.807, 2.05) is 36.4 Å². The fourth-order valence-corrected chi connectivity index (χ4v) is 3.71. The van der Waals surface area contributed by atoms with Crippen molar-refractivity contribution in [1.29, 1.82) is 0 Å². The Morgan fingerprint density at radius 1 is 0.857 bits per heavy atom. The smallest absolute Gasteiger partial charge is 0.410 e. The molecule has 28 heavy (non-hydrogen) atoms. The largest absolute Gasteiger partial charge is 0.416 e. The molecule has 0 atom stereocenters. The number of aromatic amines is 1. The van der Waals surface area contributed by atoms with E-state index in [-0.39, 0.29) is 5.52 Å². The van der Waals surface area contributed by atoms with E-state index in [1.165, 1.54) is 6.07 Å². The first-order valence-electron chi connectivity index (χ1n) is 8.50. The lowest BCUT2D eigenvalue weighted by Crippen LogP contribution is -2.04. The van der Waals surface area contributed by atoms with E-state index in [0.29, 0.717) is 17.1 Å². The van der Waals surface area contributed by atoms with Crippen LogP contribution in [0.25, 0.3) is 33.5 Å². The third kappa shape index (κ3) is 2.32. The van der Waals surface area contributed by atoms with Crippen LogP contribution in [0.4, 0.5) is 13.2 Å². The molecule has 0 amide bonds. The van der Waals surface area contributed by atoms with Crippen molar-refractivity contribution in [1.82, 2.24) is 9.97 Å². The highest BCUT2D eigenvalue weighted by Gasteiger charge is 2.31. The van der Waals surface area contributed by atoms with Gasteiger partial charge in [0, 0.05) is 22.3 Å². The van der Waals surface area contributed by atoms with Gasteiger partial charge in [-0.15, -0.1) is 0 Å². The Bertz CT molecular complexity index is 1270. The first-order chi connectivity index (χ1) is 13.5. The average molecular weight is 379 g/mol. The molecule has 0 saturated heterocycles. The van der Waals surface area contributed by atoms with Gasteiger partial charge in [0.05, 0.1) is 16.6 Å². The van der Waals surface area contributed by atoms with Gasteiger partial charge >= 0.3 is 6.18 Å². The minimum atomic E-state index is -4.42. The van der Waals surface area contributed by atoms with Gasteiger partial charge in [-0.2, -0.15) is 13.2 Å². The van der Waals surface area contributed by atoms with Gasteiger partial charge < -0.3 is 10.2 Å². The summed E-state index contributed by atoms with van der Waals surface area (Å²) in [5.41, 5.74) is 4.47. The van der Waals surface area contributed by atoms with Crippen LogP contribution in [0, 0.1) is 0 Å². The van der Waals surface area contributed by atoms with Gasteiger partial charge in [0.2, 0.25) is 0 Å². The average Bonchev–Trinajstić information content (AvgIpc) is 3.25. The van der Waals surface area contributed by atoms with Crippen LogP contribution in [0.5, 0.6) is 0 Å². The lowest BCUT2D eigenvalue weighted by molar-refractivity contribution is -0.137. The number of fused-ring (bicyclic) bond motifs is 4. The van der Waals surface area contributed by atoms with Crippen molar-refractivity contribution in [2.24, 2.45) is 5.16 Å². The van der Waals surface area contributed by atoms with E-state index in [1.54, 1.807) is 6.07 Å². The number of rotatable bonds is 1. The van der Waals surface area contributed by atoms with Crippen LogP contribution in [0.1, 0.15) is 16.7 Å². The molecule has 0 unspecified atom stereocenters. The summed E-state index contributed by atoms with van der Waals surface area (Å²) in [6, 6.07) is 16.5. The summed E-state index contributed by atoms with van der Waals surface area (Å²) >= 11 is 0. The van der Waals surface area contributed by atoms with E-state index in [2.05, 4.69) is 15.1 Å². The molecule has 138 valence electrons. The monoisotopic (exact) mass is 379 g/mol. The topological polar surface area (TPSA) is 61.3 Å². The molecule has 5 rings (SSSR count). The molecule has 0 bridgehead atoms. The third-order valence-electron chi connectivity index (χ3n) is 4.94. The number of nitrogens with one attached hydrogen (secondary N) is 1. The Morgan fingerprint density at radius 2 is 1.57 bits per heavy atom. The highest BCUT2D eigenvalue weighted by atomic mass is 19.4. The zero-order valence-electron chi connectivity index (χ0n) is 14.2. The van der Waals surface area contributed by atoms with E-state index in [4.69, 9.17) is 0 Å². The molecule has 2 N–H and O–H groups in total. The maximum atomic E-state index is 13.0. The van der Waals surface area contributed by atoms with Crippen molar-refractivity contribution in [3.05, 3.63) is 77.4 Å². The normalized spacial score (nSPS) is 14.5. The minimum Gasteiger partial charge on any atom is -0.410 e. The summed E-state index contributed by atoms with van der Waals surface area (Å²) in [5, 5.41) is 12.9. The zero-order chi connectivity index (χ0) is 19.5. The number of oxime groups is 1. The van der Waals surface area contributed by atoms with Crippen molar-refractivity contribution in [3.63, 3.8) is 0 Å². The van der Waals surface area contributed by atoms with Crippen LogP contribution in [0.3, 0.4) is 0 Å². The lowest BCUT2D eigenvalue weighted by Gasteiger charge is -2.06. The van der Waals surface area contributed by atoms with E-state index >= 15 is 0 Å². The number of H-pyrrole nitrogens is 1. The first-order valence-corrected chi connectivity index (χ1v) is 8.50. The summed E-state index contributed by atoms with van der Waals surface area (Å²) in [6.07, 6.45) is -4.42. The quantitative estimate of drug-likeness (QED) is 0.300. The Kier molecular flexibility index (Phi) is 3.37. The molecule has 1 heterocycles. The highest BCUT2D eigenvalue weighted by molar-refractivity contribution is 6.26. The Morgan fingerprint density at radius 3 is 2.32 bits per heavy atom. The Balaban J connectivity index is 1.74. The van der Waals surface area contributed by atoms with E-state index in [0.717, 1.165) is 39.9 Å². The maximum Gasteiger partial charge on any atom is 0.416 e. The van der Waals surface area contributed by atoms with Crippen molar-refractivity contribution < 1.29 is 18.4 Å². The molecule has 0 saturated carbocycles. The molecule has 7 heteroatoms. The molecule has 0 spiro atoms. The molecule has 4 nitrogen and oxygen atoms in total. The van der Waals surface area contributed by atoms with Crippen molar-refractivity contribution in [2.75, 3.05) is 0 Å². The Labute approximate surface area is 157 Å². The van der Waals surface area contributed by atoms with Gasteiger partial charge in [-0.05, 0) is 23.8 Å². The number of imidazole rings is 1. The number of nitrogens with zero attached hydrogens (tertiary/aromatic N) is 2. The SMILES string of the molecule is ON=C1c2ccccc2-c2c1cccc2-c1nc2cc(C(F)(F)F)ccc2[nH]1. The van der Waals surface area contributed by atoms with Crippen LogP contribution in [0.2, 0.25) is 0 Å². The molecule has 0 aliphatic heterocycles. The molecule has 0 fully saturated rings. The van der Waals surface area contributed by atoms with Crippen LogP contribution in [-0.4, -0.2) is 20.9 Å². The summed E-state index contributed by atoms with van der Waals surface area (Å²) in [5.74, 6) is 0.458. The fourth-order valence-electron chi connectivity index (χ4n) is 3.71. The van der Waals surface area contributed by atoms with Crippen LogP contribution in [-0.2, 0) is 6.18 Å². The predicted molar refractivity (Wildman–Crippen MR) is 99.4 cm³/mol. The lowest BCUT2D eigenvalue weighted by atomic mass is 9.99. The summed E-state index contributed by atoms with van der Waals surface area (Å²) < 4.78 is 39.0. The summed E-state index contributed by atoms with van der Waals surface area (Å²) in [7, 11) is 0. The van der Waals surface area contributed by atoms with Gasteiger partial charge in [-0.1, -0.05) is 47.6 Å². The molecule has 1 aromatic heterocycles. The van der Waals surface area contributed by atoms with Gasteiger partial charge in [0.15, 0.2) is 0 Å². The zero-order valence-corrected chi connectivity index (χ0v) is 14.2. The van der Waals surface area contributed by atoms with E-state index < -0.39 is 11.7 Å². The molecular formula is C21H12F3N3O. The van der Waals surface area contributed by atoms with Crippen LogP contribution in [0.15, 0.2) is 65.8 Å². The molecule has 1 aliphatic rings. The molecule has 3 aromatic carbocycles. The second kappa shape index (κ2) is 5.69. The number of alkyl halides is 3. The second-order valence-corrected chi connectivity index (χ2v) is 6.54. The van der Waals surface area contributed by atoms with E-state index in [9.17, 15) is 18.4 Å². The molecule has 4 aromatic rings. The second-order valence-electron chi connectivity index (χ2n) is 6.54. The minimum absolute atomic E-state index is 0.241. The molecule has 1 aliphatic carbocycles. The number of benzene rings is 3. The number of halogens is 3. The van der Waals surface area contributed by atoms with Gasteiger partial charge in [0.1, 0.15) is 11.5 Å². The van der Waals surface area contributed by atoms with Gasteiger partial charge in [-0.3, -0.25) is 0 Å². The molecule has 0 radical (unpaired) electrons. The van der Waals surface area contributed by atoms with Gasteiger partial charge in [0.25, 0.3) is 0 Å². The highest BCUT2D eigenvalue weighted by Crippen LogP contribution is 2.43. The number of hydrogen-bond donors (Lipinski definition) is 2. The van der Waals surface area contributed by atoms with Gasteiger partial charge in [-0.25, -0.2) is 4.98 Å². The van der Waals surface area contributed by atoms with Crippen molar-refractivity contribution >= 4 is 16.7 Å². The van der Waals surface area contributed by atoms with Crippen molar-refractivity contribution in [2.45, 2.75) is 6.18 Å². The third-order valence-corrected chi connectivity index (χ3v) is 4.94. The molecular weight excluding hydrogens is 367 g/mol. The predicted octanol–water partition coefficient (Wildman–Crippen LogP) is 5.46. The van der Waals surface area contributed by atoms with Crippen LogP contribution < -0.4 is 0 Å². The number of aromatic nitrogens is 2. The maximum absolute atomic E-state index is 13.0. The van der Waals surface area contributed by atoms with Crippen LogP contribution >= 0.6 is 0 Å². The Hall–Kier alpha value is -3.61. The fraction of sp³-hybridized carbons (Fsp3) is 0.0476. The number of hydrogen-bond acceptors (Lipinski definition) is 3. The first kappa shape index (κ1) is 16.6. The summed E-state index contributed by atoms with van der Waals surface area (Å²) in [6.45, 7) is 0. The standard InChI is InChI=1S/C21H12F3N3O/c22-21(23,24)11-8-9-16-17(10-11)26-20(25-16)15-7-3-6-14-18(15)12-4-1-2-5-13(12)19(14)27-28/h1-10,28H,(H,25,26). The van der Waals surface area contributed by atoms with Crippen molar-refractivity contribution in [3.8, 4) is 22.5 Å². The summed E-state index contributed by atoms with van der Waals surface area (Å²) in [4.78, 5) is 7.50.